The van der Waals surface area contributed by atoms with Gasteiger partial charge in [0, 0.05) is 13.0 Å². The number of allylic oxidation sites excluding steroid dienone is 5. The molecule has 1 aliphatic heterocycles. The van der Waals surface area contributed by atoms with E-state index in [1.54, 1.807) is 7.11 Å². The number of carbonyl (C=O) groups is 1. The van der Waals surface area contributed by atoms with Crippen LogP contribution in [0.4, 0.5) is 0 Å². The fourth-order valence-electron chi connectivity index (χ4n) is 2.73. The number of hydrogen-bond acceptors (Lipinski definition) is 5. The second-order valence-electron chi connectivity index (χ2n) is 6.10. The minimum Gasteiger partial charge on any atom is -0.455 e. The maximum absolute atomic E-state index is 11.7. The van der Waals surface area contributed by atoms with Crippen LogP contribution in [0, 0.1) is 5.92 Å². The Labute approximate surface area is 145 Å². The molecule has 2 N–H and O–H groups in total. The Morgan fingerprint density at radius 2 is 2.04 bits per heavy atom. The van der Waals surface area contributed by atoms with Crippen LogP contribution in [0.25, 0.3) is 0 Å². The van der Waals surface area contributed by atoms with Crippen LogP contribution in [0.1, 0.15) is 33.6 Å². The van der Waals surface area contributed by atoms with Gasteiger partial charge in [0.05, 0.1) is 13.2 Å². The summed E-state index contributed by atoms with van der Waals surface area (Å²) in [6, 6.07) is 0. The molecule has 1 saturated heterocycles. The molecule has 0 saturated carbocycles. The first-order chi connectivity index (χ1) is 11.5. The maximum Gasteiger partial charge on any atom is 0.320 e. The smallest absolute Gasteiger partial charge is 0.320 e. The highest BCUT2D eigenvalue weighted by Crippen LogP contribution is 2.29. The normalized spacial score (nSPS) is 28.6. The van der Waals surface area contributed by atoms with Gasteiger partial charge in [-0.1, -0.05) is 50.6 Å². The molecule has 0 aromatic rings. The number of carbonyl (C=O) groups excluding carboxylic acids is 1. The summed E-state index contributed by atoms with van der Waals surface area (Å²) in [5.41, 5.74) is 6.37. The molecule has 1 heterocycles. The van der Waals surface area contributed by atoms with E-state index in [1.165, 1.54) is 0 Å². The quantitative estimate of drug-likeness (QED) is 0.545. The Kier molecular flexibility index (Phi) is 9.60. The molecule has 0 aromatic heterocycles. The van der Waals surface area contributed by atoms with Gasteiger partial charge < -0.3 is 19.9 Å². The van der Waals surface area contributed by atoms with Gasteiger partial charge in [0.15, 0.2) is 6.10 Å². The Balaban J connectivity index is 2.85. The van der Waals surface area contributed by atoms with Gasteiger partial charge in [-0.15, -0.1) is 0 Å². The number of rotatable bonds is 8. The van der Waals surface area contributed by atoms with Crippen LogP contribution in [-0.2, 0) is 19.0 Å². The van der Waals surface area contributed by atoms with Crippen molar-refractivity contribution in [3.63, 3.8) is 0 Å². The Morgan fingerprint density at radius 1 is 1.29 bits per heavy atom. The van der Waals surface area contributed by atoms with E-state index in [9.17, 15) is 4.79 Å². The topological polar surface area (TPSA) is 70.8 Å². The van der Waals surface area contributed by atoms with Crippen LogP contribution in [-0.4, -0.2) is 44.5 Å². The summed E-state index contributed by atoms with van der Waals surface area (Å²) >= 11 is 0. The molecule has 5 nitrogen and oxygen atoms in total. The van der Waals surface area contributed by atoms with E-state index >= 15 is 0 Å². The number of methoxy groups -OCH3 is 1. The molecular formula is C19H31NO4. The van der Waals surface area contributed by atoms with Gasteiger partial charge in [-0.25, -0.2) is 0 Å². The van der Waals surface area contributed by atoms with Gasteiger partial charge in [-0.3, -0.25) is 4.79 Å². The van der Waals surface area contributed by atoms with Gasteiger partial charge in [0.1, 0.15) is 12.2 Å². The summed E-state index contributed by atoms with van der Waals surface area (Å²) in [5.74, 6) is -0.308. The molecule has 4 atom stereocenters. The van der Waals surface area contributed by atoms with E-state index in [-0.39, 0.29) is 24.7 Å². The summed E-state index contributed by atoms with van der Waals surface area (Å²) in [4.78, 5) is 11.7. The molecule has 136 valence electrons. The fraction of sp³-hybridized carbons (Fsp3) is 0.632. The largest absolute Gasteiger partial charge is 0.455 e. The zero-order chi connectivity index (χ0) is 17.9. The molecule has 0 bridgehead atoms. The van der Waals surface area contributed by atoms with Crippen molar-refractivity contribution in [1.29, 1.82) is 0 Å². The molecule has 24 heavy (non-hydrogen) atoms. The molecule has 0 aliphatic carbocycles. The average Bonchev–Trinajstić information content (AvgIpc) is 2.58. The zero-order valence-electron chi connectivity index (χ0n) is 15.2. The number of nitrogens with two attached hydrogens (primary N) is 1. The monoisotopic (exact) mass is 337 g/mol. The molecule has 0 spiro atoms. The molecule has 5 heteroatoms. The van der Waals surface area contributed by atoms with Gasteiger partial charge in [-0.2, -0.15) is 0 Å². The van der Waals surface area contributed by atoms with Crippen molar-refractivity contribution in [3.05, 3.63) is 36.0 Å². The van der Waals surface area contributed by atoms with Gasteiger partial charge in [0.2, 0.25) is 0 Å². The summed E-state index contributed by atoms with van der Waals surface area (Å²) < 4.78 is 17.0. The summed E-state index contributed by atoms with van der Waals surface area (Å²) in [7, 11) is 1.63. The predicted molar refractivity (Wildman–Crippen MR) is 95.6 cm³/mol. The third-order valence-corrected chi connectivity index (χ3v) is 4.05. The predicted octanol–water partition coefficient (Wildman–Crippen LogP) is 2.77. The minimum absolute atomic E-state index is 0.141. The lowest BCUT2D eigenvalue weighted by Gasteiger charge is -2.40. The van der Waals surface area contributed by atoms with E-state index in [1.807, 2.05) is 38.2 Å². The number of esters is 1. The summed E-state index contributed by atoms with van der Waals surface area (Å²) in [6.07, 6.45) is 11.3. The van der Waals surface area contributed by atoms with Gasteiger partial charge in [0.25, 0.3) is 0 Å². The molecule has 0 aromatic carbocycles. The van der Waals surface area contributed by atoms with Crippen LogP contribution >= 0.6 is 0 Å². The highest BCUT2D eigenvalue weighted by atomic mass is 16.6. The Hall–Kier alpha value is -1.43. The van der Waals surface area contributed by atoms with Crippen molar-refractivity contribution in [2.75, 3.05) is 20.3 Å². The highest BCUT2D eigenvalue weighted by molar-refractivity contribution is 5.71. The van der Waals surface area contributed by atoms with Crippen molar-refractivity contribution < 1.29 is 19.0 Å². The maximum atomic E-state index is 11.7. The molecule has 1 fully saturated rings. The highest BCUT2D eigenvalue weighted by Gasteiger charge is 2.42. The van der Waals surface area contributed by atoms with E-state index in [4.69, 9.17) is 19.9 Å². The Bertz CT molecular complexity index is 470. The lowest BCUT2D eigenvalue weighted by Crippen LogP contribution is -2.53. The van der Waals surface area contributed by atoms with E-state index in [0.717, 1.165) is 18.4 Å². The first kappa shape index (κ1) is 20.6. The third-order valence-electron chi connectivity index (χ3n) is 4.05. The van der Waals surface area contributed by atoms with Gasteiger partial charge >= 0.3 is 5.97 Å². The number of hydrogen-bond donors (Lipinski definition) is 1. The number of unbranched alkanes of at least 4 members (excludes halogenated alkanes) is 1. The Morgan fingerprint density at radius 3 is 2.67 bits per heavy atom. The van der Waals surface area contributed by atoms with Crippen molar-refractivity contribution in [1.82, 2.24) is 0 Å². The van der Waals surface area contributed by atoms with Crippen LogP contribution in [0.2, 0.25) is 0 Å². The summed E-state index contributed by atoms with van der Waals surface area (Å²) in [6.45, 7) is 6.54. The first-order valence-corrected chi connectivity index (χ1v) is 8.59. The van der Waals surface area contributed by atoms with Crippen molar-refractivity contribution in [2.45, 2.75) is 51.9 Å². The first-order valence-electron chi connectivity index (χ1n) is 8.59. The van der Waals surface area contributed by atoms with Crippen LogP contribution < -0.4 is 5.73 Å². The van der Waals surface area contributed by atoms with Crippen molar-refractivity contribution in [3.8, 4) is 0 Å². The molecule has 0 radical (unpaired) electrons. The van der Waals surface area contributed by atoms with Crippen molar-refractivity contribution >= 4 is 5.97 Å². The summed E-state index contributed by atoms with van der Waals surface area (Å²) in [5, 5.41) is 0. The molecule has 0 amide bonds. The third kappa shape index (κ3) is 6.23. The lowest BCUT2D eigenvalue weighted by molar-refractivity contribution is -0.190. The van der Waals surface area contributed by atoms with Crippen molar-refractivity contribution in [2.24, 2.45) is 11.7 Å². The molecule has 1 aliphatic rings. The fourth-order valence-corrected chi connectivity index (χ4v) is 2.73. The number of ether oxygens (including phenoxy) is 3. The van der Waals surface area contributed by atoms with E-state index < -0.39 is 12.1 Å². The lowest BCUT2D eigenvalue weighted by atomic mass is 9.90. The standard InChI is InChI=1S/C19H31NO4/c1-5-6-7-8-9-10-11-14(2)18-19(24-16(21)12-20)17(22-4)15(3)13-23-18/h7-11,15,17-19H,5-6,12-13,20H2,1-4H3/t15-,17-,18-,19+/m1/s1. The van der Waals surface area contributed by atoms with Gasteiger partial charge in [-0.05, 0) is 18.9 Å². The van der Waals surface area contributed by atoms with Crippen LogP contribution in [0.3, 0.4) is 0 Å². The second kappa shape index (κ2) is 11.2. The van der Waals surface area contributed by atoms with E-state index in [0.29, 0.717) is 6.61 Å². The average molecular weight is 337 g/mol. The second-order valence-corrected chi connectivity index (χ2v) is 6.10. The SMILES string of the molecule is CCCC=CC=CC=C(C)[C@H]1OC[C@@H](C)[C@@H](OC)[C@@H]1OC(=O)CN. The molecule has 1 rings (SSSR count). The minimum atomic E-state index is -0.491. The van der Waals surface area contributed by atoms with Crippen LogP contribution in [0.15, 0.2) is 36.0 Å². The molecule has 0 unspecified atom stereocenters. The molecular weight excluding hydrogens is 306 g/mol. The zero-order valence-corrected chi connectivity index (χ0v) is 15.2. The van der Waals surface area contributed by atoms with Crippen LogP contribution in [0.5, 0.6) is 0 Å². The van der Waals surface area contributed by atoms with E-state index in [2.05, 4.69) is 13.0 Å².